The minimum atomic E-state index is -0.0374. The molecule has 0 radical (unpaired) electrons. The maximum atomic E-state index is 8.21. The lowest BCUT2D eigenvalue weighted by molar-refractivity contribution is 0.184. The number of aliphatic imine (C=N–C) groups is 1. The molecule has 5 heteroatoms. The number of ether oxygens (including phenoxy) is 1. The molecule has 1 atom stereocenters. The molecule has 0 saturated carbocycles. The van der Waals surface area contributed by atoms with Crippen molar-refractivity contribution in [1.29, 1.82) is 0 Å². The highest BCUT2D eigenvalue weighted by atomic mass is 16.5. The number of nitrogens with one attached hydrogen (secondary N) is 1. The SMILES string of the molecule is COCC(C)N=C(N)NO. The monoisotopic (exact) mass is 147 g/mol. The molecule has 0 saturated heterocycles. The van der Waals surface area contributed by atoms with Gasteiger partial charge in [0.05, 0.1) is 12.6 Å². The molecule has 4 N–H and O–H groups in total. The topological polar surface area (TPSA) is 79.9 Å². The molecule has 0 aliphatic heterocycles. The first-order chi connectivity index (χ1) is 4.70. The van der Waals surface area contributed by atoms with Gasteiger partial charge in [-0.1, -0.05) is 0 Å². The Labute approximate surface area is 59.8 Å². The predicted octanol–water partition coefficient (Wildman–Crippen LogP) is -0.685. The zero-order chi connectivity index (χ0) is 7.98. The average molecular weight is 147 g/mol. The number of methoxy groups -OCH3 is 1. The quantitative estimate of drug-likeness (QED) is 0.280. The Morgan fingerprint density at radius 3 is 2.90 bits per heavy atom. The largest absolute Gasteiger partial charge is 0.382 e. The molecular formula is C5H13N3O2. The smallest absolute Gasteiger partial charge is 0.213 e. The van der Waals surface area contributed by atoms with Gasteiger partial charge in [-0.3, -0.25) is 5.21 Å². The molecule has 0 aliphatic rings. The molecule has 0 aromatic heterocycles. The van der Waals surface area contributed by atoms with Gasteiger partial charge in [-0.2, -0.15) is 0 Å². The fraction of sp³-hybridized carbons (Fsp3) is 0.800. The fourth-order valence-electron chi connectivity index (χ4n) is 0.545. The van der Waals surface area contributed by atoms with E-state index >= 15 is 0 Å². The molecular weight excluding hydrogens is 134 g/mol. The van der Waals surface area contributed by atoms with Crippen molar-refractivity contribution in [3.8, 4) is 0 Å². The highest BCUT2D eigenvalue weighted by Gasteiger charge is 1.97. The number of guanidine groups is 1. The molecule has 0 spiro atoms. The first-order valence-electron chi connectivity index (χ1n) is 2.93. The van der Waals surface area contributed by atoms with Crippen LogP contribution < -0.4 is 11.2 Å². The normalized spacial score (nSPS) is 14.9. The maximum absolute atomic E-state index is 8.21. The van der Waals surface area contributed by atoms with Crippen molar-refractivity contribution < 1.29 is 9.94 Å². The van der Waals surface area contributed by atoms with Crippen LogP contribution in [0.3, 0.4) is 0 Å². The van der Waals surface area contributed by atoms with Gasteiger partial charge in [0.25, 0.3) is 0 Å². The summed E-state index contributed by atoms with van der Waals surface area (Å²) in [7, 11) is 1.58. The Balaban J connectivity index is 3.62. The number of hydroxylamine groups is 1. The van der Waals surface area contributed by atoms with E-state index in [1.165, 1.54) is 0 Å². The summed E-state index contributed by atoms with van der Waals surface area (Å²) in [4.78, 5) is 3.79. The van der Waals surface area contributed by atoms with Crippen molar-refractivity contribution in [3.05, 3.63) is 0 Å². The first kappa shape index (κ1) is 9.19. The fourth-order valence-corrected chi connectivity index (χ4v) is 0.545. The summed E-state index contributed by atoms with van der Waals surface area (Å²) in [5, 5.41) is 8.21. The van der Waals surface area contributed by atoms with Gasteiger partial charge in [0.1, 0.15) is 0 Å². The third-order valence-corrected chi connectivity index (χ3v) is 0.882. The molecule has 0 aromatic rings. The van der Waals surface area contributed by atoms with Crippen molar-refractivity contribution in [2.45, 2.75) is 13.0 Å². The number of hydrogen-bond donors (Lipinski definition) is 3. The predicted molar refractivity (Wildman–Crippen MR) is 37.9 cm³/mol. The van der Waals surface area contributed by atoms with Crippen LogP contribution in [0.25, 0.3) is 0 Å². The van der Waals surface area contributed by atoms with Crippen molar-refractivity contribution in [3.63, 3.8) is 0 Å². The molecule has 0 amide bonds. The van der Waals surface area contributed by atoms with E-state index in [4.69, 9.17) is 15.7 Å². The Morgan fingerprint density at radius 1 is 1.90 bits per heavy atom. The summed E-state index contributed by atoms with van der Waals surface area (Å²) in [6.45, 7) is 2.32. The zero-order valence-corrected chi connectivity index (χ0v) is 6.16. The summed E-state index contributed by atoms with van der Waals surface area (Å²) in [5.41, 5.74) is 6.86. The number of nitrogens with two attached hydrogens (primary N) is 1. The van der Waals surface area contributed by atoms with Crippen molar-refractivity contribution in [1.82, 2.24) is 5.48 Å². The Morgan fingerprint density at radius 2 is 2.50 bits per heavy atom. The Hall–Kier alpha value is -0.810. The second kappa shape index (κ2) is 5.01. The van der Waals surface area contributed by atoms with E-state index in [0.29, 0.717) is 6.61 Å². The standard InChI is InChI=1S/C5H13N3O2/c1-4(3-10-2)7-5(6)8-9/h4,9H,3H2,1-2H3,(H3,6,7,8). The molecule has 0 fully saturated rings. The second-order valence-electron chi connectivity index (χ2n) is 1.93. The van der Waals surface area contributed by atoms with Gasteiger partial charge in [-0.05, 0) is 6.92 Å². The van der Waals surface area contributed by atoms with Crippen molar-refractivity contribution >= 4 is 5.96 Å². The number of hydrogen-bond acceptors (Lipinski definition) is 3. The summed E-state index contributed by atoms with van der Waals surface area (Å²) < 4.78 is 4.78. The van der Waals surface area contributed by atoms with Crippen molar-refractivity contribution in [2.75, 3.05) is 13.7 Å². The summed E-state index contributed by atoms with van der Waals surface area (Å²) >= 11 is 0. The minimum Gasteiger partial charge on any atom is -0.382 e. The molecule has 10 heavy (non-hydrogen) atoms. The highest BCUT2D eigenvalue weighted by molar-refractivity contribution is 5.76. The summed E-state index contributed by atoms with van der Waals surface area (Å²) in [5.74, 6) is 0.00421. The van der Waals surface area contributed by atoms with Crippen LogP contribution in [0.4, 0.5) is 0 Å². The van der Waals surface area contributed by atoms with E-state index < -0.39 is 0 Å². The Kier molecular flexibility index (Phi) is 4.61. The lowest BCUT2D eigenvalue weighted by atomic mass is 10.4. The van der Waals surface area contributed by atoms with E-state index in [1.807, 2.05) is 6.92 Å². The molecule has 0 aliphatic carbocycles. The van der Waals surface area contributed by atoms with E-state index in [0.717, 1.165) is 0 Å². The van der Waals surface area contributed by atoms with Gasteiger partial charge in [0.2, 0.25) is 5.96 Å². The second-order valence-corrected chi connectivity index (χ2v) is 1.93. The number of nitrogens with zero attached hydrogens (tertiary/aromatic N) is 1. The van der Waals surface area contributed by atoms with Crippen LogP contribution in [0, 0.1) is 0 Å². The molecule has 60 valence electrons. The van der Waals surface area contributed by atoms with Crippen LogP contribution in [-0.2, 0) is 4.74 Å². The third-order valence-electron chi connectivity index (χ3n) is 0.882. The zero-order valence-electron chi connectivity index (χ0n) is 6.16. The molecule has 5 nitrogen and oxygen atoms in total. The van der Waals surface area contributed by atoms with Gasteiger partial charge in [0.15, 0.2) is 0 Å². The summed E-state index contributed by atoms with van der Waals surface area (Å²) in [6.07, 6.45) is 0. The van der Waals surface area contributed by atoms with Crippen LogP contribution in [0.1, 0.15) is 6.92 Å². The van der Waals surface area contributed by atoms with Crippen LogP contribution in [0.2, 0.25) is 0 Å². The number of rotatable bonds is 3. The van der Waals surface area contributed by atoms with Gasteiger partial charge < -0.3 is 10.5 Å². The molecule has 0 rings (SSSR count). The first-order valence-corrected chi connectivity index (χ1v) is 2.93. The molecule has 0 bridgehead atoms. The maximum Gasteiger partial charge on any atom is 0.213 e. The van der Waals surface area contributed by atoms with Crippen LogP contribution >= 0.6 is 0 Å². The van der Waals surface area contributed by atoms with Gasteiger partial charge >= 0.3 is 0 Å². The Bertz CT molecular complexity index is 115. The lowest BCUT2D eigenvalue weighted by Gasteiger charge is -2.04. The molecule has 0 aromatic carbocycles. The van der Waals surface area contributed by atoms with Gasteiger partial charge in [-0.15, -0.1) is 0 Å². The lowest BCUT2D eigenvalue weighted by Crippen LogP contribution is -2.30. The van der Waals surface area contributed by atoms with E-state index in [2.05, 4.69) is 4.99 Å². The minimum absolute atomic E-state index is 0.00421. The molecule has 1 unspecified atom stereocenters. The molecule has 0 heterocycles. The average Bonchev–Trinajstić information content (AvgIpc) is 1.88. The van der Waals surface area contributed by atoms with Crippen LogP contribution in [0.15, 0.2) is 4.99 Å². The van der Waals surface area contributed by atoms with E-state index in [9.17, 15) is 0 Å². The van der Waals surface area contributed by atoms with Crippen LogP contribution in [0.5, 0.6) is 0 Å². The van der Waals surface area contributed by atoms with Gasteiger partial charge in [-0.25, -0.2) is 10.5 Å². The van der Waals surface area contributed by atoms with Crippen molar-refractivity contribution in [2.24, 2.45) is 10.7 Å². The third kappa shape index (κ3) is 4.11. The highest BCUT2D eigenvalue weighted by Crippen LogP contribution is 1.87. The van der Waals surface area contributed by atoms with Crippen LogP contribution in [-0.4, -0.2) is 30.9 Å². The van der Waals surface area contributed by atoms with E-state index in [-0.39, 0.29) is 12.0 Å². The summed E-state index contributed by atoms with van der Waals surface area (Å²) in [6, 6.07) is -0.0374. The van der Waals surface area contributed by atoms with Gasteiger partial charge in [0, 0.05) is 7.11 Å². The van der Waals surface area contributed by atoms with E-state index in [1.54, 1.807) is 12.6 Å².